The summed E-state index contributed by atoms with van der Waals surface area (Å²) in [7, 11) is 10.5. The zero-order valence-corrected chi connectivity index (χ0v) is 12.9. The molecule has 0 aliphatic carbocycles. The largest absolute Gasteiger partial charge is 4.00 e. The molecular weight excluding hydrogens is 265 g/mol. The summed E-state index contributed by atoms with van der Waals surface area (Å²) < 4.78 is 0. The van der Waals surface area contributed by atoms with Crippen molar-refractivity contribution in [2.45, 2.75) is 0 Å². The molecule has 0 unspecified atom stereocenters. The molecule has 0 heterocycles. The quantitative estimate of drug-likeness (QED) is 0.657. The molecule has 3 nitrogen and oxygen atoms in total. The van der Waals surface area contributed by atoms with Crippen LogP contribution in [0, 0.1) is 24.3 Å². The first kappa shape index (κ1) is 24.4. The van der Waals surface area contributed by atoms with Gasteiger partial charge in [-0.15, -0.1) is 0 Å². The minimum Gasteiger partial charge on any atom is -0.999 e. The maximum Gasteiger partial charge on any atom is 4.00 e. The summed E-state index contributed by atoms with van der Waals surface area (Å²) in [6.07, 6.45) is 0. The summed E-state index contributed by atoms with van der Waals surface area (Å²) >= 11 is 0. The average Bonchev–Trinajstić information content (AvgIpc) is 2.63. The zero-order valence-electron chi connectivity index (χ0n) is 10.4. The molecule has 0 saturated carbocycles. The van der Waals surface area contributed by atoms with Gasteiger partial charge in [0.15, 0.2) is 0 Å². The first-order valence-corrected chi connectivity index (χ1v) is 4.01. The van der Waals surface area contributed by atoms with Gasteiger partial charge in [0, 0.05) is 0 Å². The monoisotopic (exact) mass is 283 g/mol. The van der Waals surface area contributed by atoms with Gasteiger partial charge in [-0.3, -0.25) is 0 Å². The van der Waals surface area contributed by atoms with Gasteiger partial charge in [-0.25, -0.2) is 0 Å². The van der Waals surface area contributed by atoms with Crippen molar-refractivity contribution in [3.05, 3.63) is 46.3 Å². The van der Waals surface area contributed by atoms with Crippen LogP contribution in [-0.2, 0) is 26.2 Å². The van der Waals surface area contributed by atoms with E-state index in [4.69, 9.17) is 0 Å². The van der Waals surface area contributed by atoms with Crippen molar-refractivity contribution in [2.75, 3.05) is 42.3 Å². The minimum absolute atomic E-state index is 0. The van der Waals surface area contributed by atoms with Crippen LogP contribution >= 0.6 is 0 Å². The average molecular weight is 285 g/mol. The van der Waals surface area contributed by atoms with E-state index >= 15 is 0 Å². The molecule has 0 amide bonds. The Kier molecular flexibility index (Phi) is 59.9. The minimum atomic E-state index is 0. The Labute approximate surface area is 115 Å². The molecule has 0 aromatic heterocycles. The molecule has 0 N–H and O–H groups in total. The van der Waals surface area contributed by atoms with Crippen LogP contribution in [0.15, 0.2) is 6.07 Å². The molecule has 1 aromatic rings. The molecule has 1 rings (SSSR count). The van der Waals surface area contributed by atoms with Crippen LogP contribution in [0.4, 0.5) is 0 Å². The predicted molar refractivity (Wildman–Crippen MR) is 63.0 cm³/mol. The molecule has 4 heteroatoms. The van der Waals surface area contributed by atoms with E-state index in [2.05, 4.69) is 40.2 Å². The van der Waals surface area contributed by atoms with Gasteiger partial charge in [0.05, 0.1) is 0 Å². The molecule has 0 aliphatic rings. The molecule has 0 aliphatic heterocycles. The number of hydrogen-bond acceptors (Lipinski definition) is 0. The van der Waals surface area contributed by atoms with Crippen molar-refractivity contribution in [1.82, 2.24) is 0 Å². The molecular formula is C11H19N3Zr-4. The second-order valence-corrected chi connectivity index (χ2v) is 2.02. The first-order chi connectivity index (χ1) is 6.74. The third kappa shape index (κ3) is 79.2. The van der Waals surface area contributed by atoms with Crippen molar-refractivity contribution in [3.8, 4) is 0 Å². The second kappa shape index (κ2) is 36.9. The molecule has 0 bridgehead atoms. The Morgan fingerprint density at radius 2 is 0.867 bits per heavy atom. The van der Waals surface area contributed by atoms with E-state index < -0.39 is 0 Å². The fraction of sp³-hybridized carbons (Fsp3) is 0.545. The second-order valence-electron chi connectivity index (χ2n) is 2.02. The third-order valence-corrected chi connectivity index (χ3v) is 0.351. The fourth-order valence-electron chi connectivity index (χ4n) is 0.180. The standard InChI is InChI=1S/C5H.3C2H6N.Zr/c1-2-4-5-3-1;3*1-3-2;/h1H;3*1-2H3;/q-5;3*-1;+4. The van der Waals surface area contributed by atoms with Crippen LogP contribution < -0.4 is 0 Å². The van der Waals surface area contributed by atoms with Crippen LogP contribution in [0.2, 0.25) is 0 Å². The summed E-state index contributed by atoms with van der Waals surface area (Å²) in [5.74, 6) is 0. The van der Waals surface area contributed by atoms with Crippen LogP contribution in [-0.4, -0.2) is 42.3 Å². The van der Waals surface area contributed by atoms with Crippen molar-refractivity contribution >= 4 is 0 Å². The smallest absolute Gasteiger partial charge is 0.999 e. The Morgan fingerprint density at radius 3 is 0.933 bits per heavy atom. The van der Waals surface area contributed by atoms with Gasteiger partial charge in [-0.05, 0) is 0 Å². The SMILES string of the molecule is C[N-]C.C[N-]C.C[N-]C.[Zr+4].[c-]1[c-][c-][cH-][c-]1. The summed E-state index contributed by atoms with van der Waals surface area (Å²) in [6, 6.07) is 12.0. The van der Waals surface area contributed by atoms with E-state index in [0.717, 1.165) is 0 Å². The molecule has 0 spiro atoms. The predicted octanol–water partition coefficient (Wildman–Crippen LogP) is 2.46. The van der Waals surface area contributed by atoms with Crippen molar-refractivity contribution in [3.63, 3.8) is 0 Å². The van der Waals surface area contributed by atoms with Crippen LogP contribution in [0.5, 0.6) is 0 Å². The maximum atomic E-state index is 3.50. The number of hydrogen-bond donors (Lipinski definition) is 0. The molecule has 1 aromatic carbocycles. The molecule has 86 valence electrons. The van der Waals surface area contributed by atoms with Crippen LogP contribution in [0.1, 0.15) is 0 Å². The first-order valence-electron chi connectivity index (χ1n) is 4.01. The van der Waals surface area contributed by atoms with Crippen LogP contribution in [0.25, 0.3) is 16.0 Å². The summed E-state index contributed by atoms with van der Waals surface area (Å²) in [6.45, 7) is 0. The zero-order chi connectivity index (χ0) is 11.7. The number of nitrogens with zero attached hydrogens (tertiary/aromatic N) is 3. The van der Waals surface area contributed by atoms with Gasteiger partial charge in [-0.1, -0.05) is 0 Å². The third-order valence-electron chi connectivity index (χ3n) is 0.351. The molecule has 0 fully saturated rings. The fourth-order valence-corrected chi connectivity index (χ4v) is 0.180. The Morgan fingerprint density at radius 1 is 0.667 bits per heavy atom. The Balaban J connectivity index is -0.0000000550. The molecule has 0 atom stereocenters. The topological polar surface area (TPSA) is 42.3 Å². The Bertz CT molecular complexity index is 99.4. The summed E-state index contributed by atoms with van der Waals surface area (Å²) in [4.78, 5) is 0. The van der Waals surface area contributed by atoms with Gasteiger partial charge < -0.3 is 46.3 Å². The van der Waals surface area contributed by atoms with E-state index in [1.807, 2.05) is 0 Å². The number of rotatable bonds is 0. The van der Waals surface area contributed by atoms with E-state index in [9.17, 15) is 0 Å². The maximum absolute atomic E-state index is 3.50. The van der Waals surface area contributed by atoms with Crippen molar-refractivity contribution in [2.24, 2.45) is 0 Å². The van der Waals surface area contributed by atoms with Gasteiger partial charge in [0.25, 0.3) is 0 Å². The Hall–Kier alpha value is 0.113. The van der Waals surface area contributed by atoms with E-state index in [1.54, 1.807) is 48.4 Å². The van der Waals surface area contributed by atoms with Crippen LogP contribution in [0.3, 0.4) is 0 Å². The van der Waals surface area contributed by atoms with Gasteiger partial charge in [0.1, 0.15) is 0 Å². The van der Waals surface area contributed by atoms with Gasteiger partial charge in [-0.2, -0.15) is 42.3 Å². The summed E-state index contributed by atoms with van der Waals surface area (Å²) in [5.41, 5.74) is 0. The van der Waals surface area contributed by atoms with Gasteiger partial charge >= 0.3 is 26.2 Å². The molecule has 0 radical (unpaired) electrons. The van der Waals surface area contributed by atoms with E-state index in [1.165, 1.54) is 0 Å². The van der Waals surface area contributed by atoms with Gasteiger partial charge in [0.2, 0.25) is 0 Å². The normalized spacial score (nSPS) is 6.27. The summed E-state index contributed by atoms with van der Waals surface area (Å²) in [5, 5.41) is 10.5. The van der Waals surface area contributed by atoms with E-state index in [-0.39, 0.29) is 26.2 Å². The molecule has 0 saturated heterocycles. The van der Waals surface area contributed by atoms with E-state index in [0.29, 0.717) is 0 Å². The van der Waals surface area contributed by atoms with Crippen molar-refractivity contribution < 1.29 is 26.2 Å². The molecule has 15 heavy (non-hydrogen) atoms. The van der Waals surface area contributed by atoms with Crippen molar-refractivity contribution in [1.29, 1.82) is 0 Å².